The second-order valence-electron chi connectivity index (χ2n) is 6.03. The molecule has 0 aliphatic heterocycles. The summed E-state index contributed by atoms with van der Waals surface area (Å²) in [6.45, 7) is -2.60. The molecule has 0 radical (unpaired) electrons. The Labute approximate surface area is 150 Å². The third-order valence-corrected chi connectivity index (χ3v) is 4.28. The average Bonchev–Trinajstić information content (AvgIpc) is 3.38. The summed E-state index contributed by atoms with van der Waals surface area (Å²) in [6.07, 6.45) is 0.812. The number of alkyl halides is 2. The number of aliphatic imine (C=N–C) groups is 1. The zero-order valence-electron chi connectivity index (χ0n) is 14.3. The molecule has 138 valence electrons. The molecular weight excluding hydrogens is 343 g/mol. The van der Waals surface area contributed by atoms with E-state index in [1.54, 1.807) is 37.4 Å². The molecule has 26 heavy (non-hydrogen) atoms. The molecule has 0 heterocycles. The number of ether oxygens (including phenoxy) is 1. The Morgan fingerprint density at radius 1 is 1.19 bits per heavy atom. The van der Waals surface area contributed by atoms with Gasteiger partial charge in [0.05, 0.1) is 0 Å². The van der Waals surface area contributed by atoms with Crippen LogP contribution in [0.5, 0.6) is 5.75 Å². The first-order valence-electron chi connectivity index (χ1n) is 8.33. The number of guanidine groups is 1. The van der Waals surface area contributed by atoms with Crippen LogP contribution in [0.1, 0.15) is 23.5 Å². The first kappa shape index (κ1) is 18.1. The number of rotatable bonds is 6. The number of halogens is 3. The van der Waals surface area contributed by atoms with Crippen molar-refractivity contribution < 1.29 is 17.9 Å². The van der Waals surface area contributed by atoms with E-state index in [1.165, 1.54) is 12.1 Å². The lowest BCUT2D eigenvalue weighted by molar-refractivity contribution is -0.0504. The third kappa shape index (κ3) is 4.47. The Morgan fingerprint density at radius 3 is 2.65 bits per heavy atom. The summed E-state index contributed by atoms with van der Waals surface area (Å²) in [6, 6.07) is 13.4. The zero-order chi connectivity index (χ0) is 18.5. The second-order valence-corrected chi connectivity index (χ2v) is 6.03. The van der Waals surface area contributed by atoms with Gasteiger partial charge in [0.1, 0.15) is 11.6 Å². The van der Waals surface area contributed by atoms with Crippen LogP contribution in [0.4, 0.5) is 13.2 Å². The van der Waals surface area contributed by atoms with Gasteiger partial charge in [-0.1, -0.05) is 36.4 Å². The van der Waals surface area contributed by atoms with Crippen LogP contribution in [-0.4, -0.2) is 25.7 Å². The van der Waals surface area contributed by atoms with Gasteiger partial charge in [-0.15, -0.1) is 0 Å². The summed E-state index contributed by atoms with van der Waals surface area (Å²) < 4.78 is 43.3. The monoisotopic (exact) mass is 363 g/mol. The average molecular weight is 363 g/mol. The van der Waals surface area contributed by atoms with Crippen LogP contribution in [-0.2, 0) is 6.54 Å². The third-order valence-electron chi connectivity index (χ3n) is 4.28. The van der Waals surface area contributed by atoms with E-state index < -0.39 is 6.61 Å². The van der Waals surface area contributed by atoms with Gasteiger partial charge in [-0.25, -0.2) is 4.39 Å². The van der Waals surface area contributed by atoms with Gasteiger partial charge in [0, 0.05) is 31.1 Å². The van der Waals surface area contributed by atoms with Crippen LogP contribution < -0.4 is 15.4 Å². The Morgan fingerprint density at radius 2 is 1.92 bits per heavy atom. The van der Waals surface area contributed by atoms with Crippen LogP contribution in [0.25, 0.3) is 0 Å². The summed E-state index contributed by atoms with van der Waals surface area (Å²) in [5.74, 6) is 0.550. The first-order valence-corrected chi connectivity index (χ1v) is 8.33. The standard InChI is InChI=1S/C19H20F3N3O/c1-23-19(24-11-12-6-2-5-9-17(12)26-18(21)22)25-16-10-14(16)13-7-3-4-8-15(13)20/h2-9,14,16,18H,10-11H2,1H3,(H2,23,24,25). The minimum atomic E-state index is -2.87. The van der Waals surface area contributed by atoms with Crippen LogP contribution in [0.2, 0.25) is 0 Å². The van der Waals surface area contributed by atoms with E-state index in [2.05, 4.69) is 20.4 Å². The molecule has 2 aromatic rings. The van der Waals surface area contributed by atoms with Crippen LogP contribution in [0.3, 0.4) is 0 Å². The predicted octanol–water partition coefficient (Wildman–Crippen LogP) is 3.65. The fourth-order valence-electron chi connectivity index (χ4n) is 2.88. The molecule has 0 spiro atoms. The molecule has 1 saturated carbocycles. The molecule has 3 rings (SSSR count). The van der Waals surface area contributed by atoms with Crippen molar-refractivity contribution in [2.75, 3.05) is 7.05 Å². The molecule has 1 aliphatic rings. The zero-order valence-corrected chi connectivity index (χ0v) is 14.3. The Kier molecular flexibility index (Phi) is 5.65. The van der Waals surface area contributed by atoms with Gasteiger partial charge >= 0.3 is 6.61 Å². The molecule has 2 atom stereocenters. The molecule has 7 heteroatoms. The Hall–Kier alpha value is -2.70. The van der Waals surface area contributed by atoms with Crippen molar-refractivity contribution in [1.82, 2.24) is 10.6 Å². The van der Waals surface area contributed by atoms with E-state index >= 15 is 0 Å². The van der Waals surface area contributed by atoms with E-state index in [0.717, 1.165) is 6.42 Å². The Bertz CT molecular complexity index is 782. The Balaban J connectivity index is 1.56. The highest BCUT2D eigenvalue weighted by Gasteiger charge is 2.40. The summed E-state index contributed by atoms with van der Waals surface area (Å²) in [5.41, 5.74) is 1.29. The highest BCUT2D eigenvalue weighted by Crippen LogP contribution is 2.41. The van der Waals surface area contributed by atoms with Crippen LogP contribution in [0, 0.1) is 5.82 Å². The summed E-state index contributed by atoms with van der Waals surface area (Å²) in [7, 11) is 1.62. The molecule has 1 fully saturated rings. The van der Waals surface area contributed by atoms with Crippen molar-refractivity contribution in [3.63, 3.8) is 0 Å². The maximum absolute atomic E-state index is 13.8. The summed E-state index contributed by atoms with van der Waals surface area (Å²) in [4.78, 5) is 4.14. The minimum Gasteiger partial charge on any atom is -0.434 e. The topological polar surface area (TPSA) is 45.7 Å². The lowest BCUT2D eigenvalue weighted by Crippen LogP contribution is -2.38. The quantitative estimate of drug-likeness (QED) is 0.608. The van der Waals surface area contributed by atoms with Crippen molar-refractivity contribution in [3.05, 3.63) is 65.5 Å². The van der Waals surface area contributed by atoms with Crippen LogP contribution in [0.15, 0.2) is 53.5 Å². The molecule has 2 unspecified atom stereocenters. The predicted molar refractivity (Wildman–Crippen MR) is 94.0 cm³/mol. The molecule has 0 amide bonds. The van der Waals surface area contributed by atoms with E-state index in [4.69, 9.17) is 0 Å². The van der Waals surface area contributed by atoms with Crippen molar-refractivity contribution in [3.8, 4) is 5.75 Å². The second kappa shape index (κ2) is 8.12. The van der Waals surface area contributed by atoms with Crippen molar-refractivity contribution in [2.45, 2.75) is 31.5 Å². The lowest BCUT2D eigenvalue weighted by atomic mass is 10.1. The molecule has 0 bridgehead atoms. The van der Waals surface area contributed by atoms with E-state index in [9.17, 15) is 13.2 Å². The maximum Gasteiger partial charge on any atom is 0.387 e. The number of para-hydroxylation sites is 1. The van der Waals surface area contributed by atoms with E-state index in [0.29, 0.717) is 17.1 Å². The summed E-state index contributed by atoms with van der Waals surface area (Å²) in [5, 5.41) is 6.31. The van der Waals surface area contributed by atoms with Gasteiger partial charge in [-0.2, -0.15) is 8.78 Å². The fourth-order valence-corrected chi connectivity index (χ4v) is 2.88. The van der Waals surface area contributed by atoms with Gasteiger partial charge in [0.15, 0.2) is 5.96 Å². The largest absolute Gasteiger partial charge is 0.434 e. The molecular formula is C19H20F3N3O. The number of benzene rings is 2. The van der Waals surface area contributed by atoms with Crippen molar-refractivity contribution >= 4 is 5.96 Å². The molecule has 2 N–H and O–H groups in total. The van der Waals surface area contributed by atoms with Gasteiger partial charge in [-0.3, -0.25) is 4.99 Å². The van der Waals surface area contributed by atoms with Gasteiger partial charge in [0.2, 0.25) is 0 Å². The van der Waals surface area contributed by atoms with E-state index in [-0.39, 0.29) is 30.1 Å². The SMILES string of the molecule is CN=C(NCc1ccccc1OC(F)F)NC1CC1c1ccccc1F. The van der Waals surface area contributed by atoms with Gasteiger partial charge < -0.3 is 15.4 Å². The molecule has 1 aliphatic carbocycles. The minimum absolute atomic E-state index is 0.0886. The highest BCUT2D eigenvalue weighted by molar-refractivity contribution is 5.80. The maximum atomic E-state index is 13.8. The molecule has 2 aromatic carbocycles. The van der Waals surface area contributed by atoms with Gasteiger partial charge in [0.25, 0.3) is 0 Å². The number of hydrogen-bond acceptors (Lipinski definition) is 2. The molecule has 4 nitrogen and oxygen atoms in total. The molecule has 0 aromatic heterocycles. The van der Waals surface area contributed by atoms with Crippen molar-refractivity contribution in [2.24, 2.45) is 4.99 Å². The summed E-state index contributed by atoms with van der Waals surface area (Å²) >= 11 is 0. The first-order chi connectivity index (χ1) is 12.6. The van der Waals surface area contributed by atoms with Gasteiger partial charge in [-0.05, 0) is 24.1 Å². The number of nitrogens with zero attached hydrogens (tertiary/aromatic N) is 1. The lowest BCUT2D eigenvalue weighted by Gasteiger charge is -2.14. The van der Waals surface area contributed by atoms with Crippen LogP contribution >= 0.6 is 0 Å². The normalized spacial score (nSPS) is 19.3. The van der Waals surface area contributed by atoms with Crippen molar-refractivity contribution in [1.29, 1.82) is 0 Å². The fraction of sp³-hybridized carbons (Fsp3) is 0.316. The number of hydrogen-bond donors (Lipinski definition) is 2. The highest BCUT2D eigenvalue weighted by atomic mass is 19.3. The molecule has 0 saturated heterocycles. The van der Waals surface area contributed by atoms with E-state index in [1.807, 2.05) is 6.07 Å². The number of nitrogens with one attached hydrogen (secondary N) is 2. The smallest absolute Gasteiger partial charge is 0.387 e.